The Balaban J connectivity index is 1.96. The minimum absolute atomic E-state index is 0.378. The highest BCUT2D eigenvalue weighted by Crippen LogP contribution is 2.29. The van der Waals surface area contributed by atoms with Crippen LogP contribution in [0.1, 0.15) is 27.7 Å². The van der Waals surface area contributed by atoms with E-state index in [0.29, 0.717) is 5.92 Å². The highest BCUT2D eigenvalue weighted by atomic mass is 32.1. The van der Waals surface area contributed by atoms with E-state index in [2.05, 4.69) is 78.0 Å². The minimum atomic E-state index is 0.378. The van der Waals surface area contributed by atoms with Crippen LogP contribution in [0.2, 0.25) is 0 Å². The van der Waals surface area contributed by atoms with Gasteiger partial charge in [0.2, 0.25) is 0 Å². The lowest BCUT2D eigenvalue weighted by atomic mass is 9.89. The van der Waals surface area contributed by atoms with Gasteiger partial charge in [-0.2, -0.15) is 0 Å². The molecule has 0 aliphatic rings. The lowest BCUT2D eigenvalue weighted by Crippen LogP contribution is -2.04. The van der Waals surface area contributed by atoms with Crippen LogP contribution >= 0.6 is 11.3 Å². The smallest absolute Gasteiger partial charge is 0.0937 e. The van der Waals surface area contributed by atoms with Gasteiger partial charge in [0.05, 0.1) is 5.01 Å². The van der Waals surface area contributed by atoms with Crippen LogP contribution in [0.15, 0.2) is 66.0 Å². The molecule has 0 radical (unpaired) electrons. The average molecular weight is 279 g/mol. The molecule has 3 aromatic rings. The van der Waals surface area contributed by atoms with Crippen molar-refractivity contribution in [3.63, 3.8) is 0 Å². The van der Waals surface area contributed by atoms with E-state index >= 15 is 0 Å². The lowest BCUT2D eigenvalue weighted by Gasteiger charge is -2.16. The first kappa shape index (κ1) is 13.1. The molecule has 0 unspecified atom stereocenters. The SMILES string of the molecule is Cc1csc(CC(c2ccccc2)c2ccccc2)n1. The van der Waals surface area contributed by atoms with Gasteiger partial charge in [-0.15, -0.1) is 11.3 Å². The van der Waals surface area contributed by atoms with Crippen LogP contribution in [0.25, 0.3) is 0 Å². The number of hydrogen-bond acceptors (Lipinski definition) is 2. The van der Waals surface area contributed by atoms with E-state index in [9.17, 15) is 0 Å². The van der Waals surface area contributed by atoms with Crippen molar-refractivity contribution < 1.29 is 0 Å². The van der Waals surface area contributed by atoms with Crippen LogP contribution in [0, 0.1) is 6.92 Å². The number of nitrogens with zero attached hydrogens (tertiary/aromatic N) is 1. The van der Waals surface area contributed by atoms with E-state index < -0.39 is 0 Å². The molecule has 100 valence electrons. The Kier molecular flexibility index (Phi) is 3.93. The maximum atomic E-state index is 4.62. The molecule has 0 spiro atoms. The largest absolute Gasteiger partial charge is 0.247 e. The van der Waals surface area contributed by atoms with E-state index in [1.54, 1.807) is 11.3 Å². The summed E-state index contributed by atoms with van der Waals surface area (Å²) >= 11 is 1.76. The van der Waals surface area contributed by atoms with Crippen molar-refractivity contribution in [3.05, 3.63) is 87.9 Å². The zero-order chi connectivity index (χ0) is 13.8. The summed E-state index contributed by atoms with van der Waals surface area (Å²) in [6.45, 7) is 2.06. The first-order valence-corrected chi connectivity index (χ1v) is 7.72. The van der Waals surface area contributed by atoms with Crippen molar-refractivity contribution in [2.45, 2.75) is 19.3 Å². The first-order valence-electron chi connectivity index (χ1n) is 6.84. The zero-order valence-corrected chi connectivity index (χ0v) is 12.3. The highest BCUT2D eigenvalue weighted by Gasteiger charge is 2.16. The normalized spacial score (nSPS) is 10.9. The van der Waals surface area contributed by atoms with Crippen molar-refractivity contribution in [1.82, 2.24) is 4.98 Å². The maximum Gasteiger partial charge on any atom is 0.0937 e. The van der Waals surface area contributed by atoms with E-state index in [0.717, 1.165) is 12.1 Å². The molecule has 2 heteroatoms. The van der Waals surface area contributed by atoms with Gasteiger partial charge in [-0.05, 0) is 18.1 Å². The molecule has 1 nitrogen and oxygen atoms in total. The van der Waals surface area contributed by atoms with Crippen molar-refractivity contribution in [1.29, 1.82) is 0 Å². The van der Waals surface area contributed by atoms with Gasteiger partial charge in [-0.25, -0.2) is 4.98 Å². The second-order valence-corrected chi connectivity index (χ2v) is 5.90. The number of benzene rings is 2. The second kappa shape index (κ2) is 6.02. The quantitative estimate of drug-likeness (QED) is 0.667. The molecular weight excluding hydrogens is 262 g/mol. The molecule has 0 aliphatic carbocycles. The topological polar surface area (TPSA) is 12.9 Å². The van der Waals surface area contributed by atoms with Gasteiger partial charge in [-0.1, -0.05) is 60.7 Å². The van der Waals surface area contributed by atoms with Gasteiger partial charge in [-0.3, -0.25) is 0 Å². The molecule has 0 saturated heterocycles. The Morgan fingerprint density at radius 2 is 1.45 bits per heavy atom. The van der Waals surface area contributed by atoms with Crippen LogP contribution in [0.4, 0.5) is 0 Å². The second-order valence-electron chi connectivity index (χ2n) is 4.96. The first-order chi connectivity index (χ1) is 9.83. The van der Waals surface area contributed by atoms with Crippen LogP contribution in [-0.4, -0.2) is 4.98 Å². The van der Waals surface area contributed by atoms with Crippen molar-refractivity contribution >= 4 is 11.3 Å². The van der Waals surface area contributed by atoms with Crippen LogP contribution < -0.4 is 0 Å². The minimum Gasteiger partial charge on any atom is -0.247 e. The fraction of sp³-hybridized carbons (Fsp3) is 0.167. The van der Waals surface area contributed by atoms with Crippen molar-refractivity contribution in [2.24, 2.45) is 0 Å². The molecule has 0 atom stereocenters. The summed E-state index contributed by atoms with van der Waals surface area (Å²) in [5, 5.41) is 3.34. The highest BCUT2D eigenvalue weighted by molar-refractivity contribution is 7.09. The molecular formula is C18H17NS. The van der Waals surface area contributed by atoms with Gasteiger partial charge in [0.25, 0.3) is 0 Å². The summed E-state index contributed by atoms with van der Waals surface area (Å²) in [7, 11) is 0. The standard InChI is InChI=1S/C18H17NS/c1-14-13-20-18(19-14)12-17(15-8-4-2-5-9-15)16-10-6-3-7-11-16/h2-11,13,17H,12H2,1H3. The average Bonchev–Trinajstić information content (AvgIpc) is 2.92. The number of aromatic nitrogens is 1. The number of hydrogen-bond donors (Lipinski definition) is 0. The molecule has 1 aromatic heterocycles. The van der Waals surface area contributed by atoms with E-state index in [-0.39, 0.29) is 0 Å². The zero-order valence-electron chi connectivity index (χ0n) is 11.5. The van der Waals surface area contributed by atoms with Crippen LogP contribution in [-0.2, 0) is 6.42 Å². The van der Waals surface area contributed by atoms with Gasteiger partial charge in [0, 0.05) is 23.4 Å². The third-order valence-electron chi connectivity index (χ3n) is 3.45. The Morgan fingerprint density at radius 3 is 1.90 bits per heavy atom. The Bertz CT molecular complexity index is 619. The van der Waals surface area contributed by atoms with Crippen LogP contribution in [0.5, 0.6) is 0 Å². The van der Waals surface area contributed by atoms with Crippen molar-refractivity contribution in [2.75, 3.05) is 0 Å². The molecule has 0 saturated carbocycles. The van der Waals surface area contributed by atoms with Gasteiger partial charge in [0.15, 0.2) is 0 Å². The van der Waals surface area contributed by atoms with Gasteiger partial charge >= 0.3 is 0 Å². The summed E-state index contributed by atoms with van der Waals surface area (Å²) in [6, 6.07) is 21.4. The van der Waals surface area contributed by atoms with E-state index in [1.807, 2.05) is 0 Å². The Morgan fingerprint density at radius 1 is 0.900 bits per heavy atom. The molecule has 0 aliphatic heterocycles. The molecule has 20 heavy (non-hydrogen) atoms. The van der Waals surface area contributed by atoms with E-state index in [1.165, 1.54) is 16.1 Å². The van der Waals surface area contributed by atoms with Gasteiger partial charge < -0.3 is 0 Å². The fourth-order valence-corrected chi connectivity index (χ4v) is 3.29. The predicted octanol–water partition coefficient (Wildman–Crippen LogP) is 4.83. The summed E-state index contributed by atoms with van der Waals surface area (Å²) in [5.74, 6) is 0.378. The molecule has 2 aromatic carbocycles. The Labute approximate surface area is 124 Å². The van der Waals surface area contributed by atoms with Gasteiger partial charge in [0.1, 0.15) is 0 Å². The molecule has 0 N–H and O–H groups in total. The third-order valence-corrected chi connectivity index (χ3v) is 4.44. The number of aryl methyl sites for hydroxylation is 1. The molecule has 1 heterocycles. The summed E-state index contributed by atoms with van der Waals surface area (Å²) in [6.07, 6.45) is 0.965. The lowest BCUT2D eigenvalue weighted by molar-refractivity contribution is 0.796. The van der Waals surface area contributed by atoms with E-state index in [4.69, 9.17) is 0 Å². The number of thiazole rings is 1. The molecule has 0 fully saturated rings. The predicted molar refractivity (Wildman–Crippen MR) is 85.3 cm³/mol. The molecule has 0 amide bonds. The monoisotopic (exact) mass is 279 g/mol. The van der Waals surface area contributed by atoms with Crippen LogP contribution in [0.3, 0.4) is 0 Å². The summed E-state index contributed by atoms with van der Waals surface area (Å²) in [4.78, 5) is 4.62. The number of rotatable bonds is 4. The fourth-order valence-electron chi connectivity index (χ4n) is 2.47. The summed E-state index contributed by atoms with van der Waals surface area (Å²) in [5.41, 5.74) is 3.82. The van der Waals surface area contributed by atoms with Crippen molar-refractivity contribution in [3.8, 4) is 0 Å². The molecule has 0 bridgehead atoms. The third kappa shape index (κ3) is 2.97. The summed E-state index contributed by atoms with van der Waals surface area (Å²) < 4.78 is 0. The Hall–Kier alpha value is -1.93. The molecule has 3 rings (SSSR count). The maximum absolute atomic E-state index is 4.62.